The number of anilines is 3. The molecule has 3 heteroatoms. The lowest BCUT2D eigenvalue weighted by Gasteiger charge is -2.26. The van der Waals surface area contributed by atoms with Crippen LogP contribution in [0.2, 0.25) is 0 Å². The molecule has 0 bridgehead atoms. The first-order valence-corrected chi connectivity index (χ1v) is 12.0. The lowest BCUT2D eigenvalue weighted by atomic mass is 10.0. The summed E-state index contributed by atoms with van der Waals surface area (Å²) in [5.41, 5.74) is 7.17. The average Bonchev–Trinajstić information content (AvgIpc) is 2.93. The van der Waals surface area contributed by atoms with E-state index in [2.05, 4.69) is 96.8 Å². The van der Waals surface area contributed by atoms with Crippen LogP contribution in [0.4, 0.5) is 17.1 Å². The number of carbonyl (C=O) groups is 1. The highest BCUT2D eigenvalue weighted by Gasteiger charge is 2.12. The summed E-state index contributed by atoms with van der Waals surface area (Å²) in [6.45, 7) is 2.46. The van der Waals surface area contributed by atoms with E-state index in [1.807, 2.05) is 30.3 Å². The molecule has 36 heavy (non-hydrogen) atoms. The van der Waals surface area contributed by atoms with Crippen molar-refractivity contribution in [1.82, 2.24) is 0 Å². The van der Waals surface area contributed by atoms with Crippen LogP contribution < -0.4 is 4.90 Å². The van der Waals surface area contributed by atoms with Crippen LogP contribution in [0.25, 0.3) is 16.8 Å². The van der Waals surface area contributed by atoms with Crippen molar-refractivity contribution in [3.05, 3.63) is 144 Å². The number of benzene rings is 5. The summed E-state index contributed by atoms with van der Waals surface area (Å²) in [6, 6.07) is 39.4. The standard InChI is InChI=1S/C33H27NO2/c1-25-11-16-32(17-12-25)34(31-9-3-2-4-10-31)33-18-15-27-21-26(13-14-28(27)22-33)19-20-36-24-30-8-6-5-7-29(30)23-35/h2-23H,24H2,1H3. The first kappa shape index (κ1) is 23.1. The first-order chi connectivity index (χ1) is 17.7. The molecule has 0 atom stereocenters. The van der Waals surface area contributed by atoms with E-state index < -0.39 is 0 Å². The number of rotatable bonds is 8. The maximum Gasteiger partial charge on any atom is 0.150 e. The number of hydrogen-bond donors (Lipinski definition) is 0. The second-order valence-electron chi connectivity index (χ2n) is 8.73. The van der Waals surface area contributed by atoms with Gasteiger partial charge in [-0.3, -0.25) is 4.79 Å². The molecule has 0 N–H and O–H groups in total. The molecular formula is C33H27NO2. The van der Waals surface area contributed by atoms with Crippen molar-refractivity contribution in [3.8, 4) is 0 Å². The molecule has 0 aliphatic carbocycles. The predicted molar refractivity (Wildman–Crippen MR) is 149 cm³/mol. The van der Waals surface area contributed by atoms with Gasteiger partial charge in [0.15, 0.2) is 0 Å². The number of para-hydroxylation sites is 1. The third kappa shape index (κ3) is 5.21. The highest BCUT2D eigenvalue weighted by atomic mass is 16.5. The summed E-state index contributed by atoms with van der Waals surface area (Å²) in [5.74, 6) is 0. The molecule has 0 aromatic heterocycles. The topological polar surface area (TPSA) is 29.5 Å². The molecule has 0 spiro atoms. The fourth-order valence-corrected chi connectivity index (χ4v) is 4.26. The van der Waals surface area contributed by atoms with E-state index in [0.29, 0.717) is 12.2 Å². The Balaban J connectivity index is 1.38. The minimum Gasteiger partial charge on any atom is -0.496 e. The molecule has 0 saturated carbocycles. The molecule has 0 aliphatic rings. The maximum atomic E-state index is 11.2. The van der Waals surface area contributed by atoms with E-state index in [-0.39, 0.29) is 0 Å². The van der Waals surface area contributed by atoms with Crippen molar-refractivity contribution in [1.29, 1.82) is 0 Å². The van der Waals surface area contributed by atoms with E-state index in [0.717, 1.165) is 39.9 Å². The van der Waals surface area contributed by atoms with Gasteiger partial charge in [0.1, 0.15) is 12.9 Å². The average molecular weight is 470 g/mol. The van der Waals surface area contributed by atoms with Crippen molar-refractivity contribution in [2.75, 3.05) is 4.90 Å². The van der Waals surface area contributed by atoms with E-state index in [4.69, 9.17) is 4.74 Å². The summed E-state index contributed by atoms with van der Waals surface area (Å²) in [4.78, 5) is 13.4. The summed E-state index contributed by atoms with van der Waals surface area (Å²) < 4.78 is 5.69. The largest absolute Gasteiger partial charge is 0.496 e. The quantitative estimate of drug-likeness (QED) is 0.168. The molecule has 0 saturated heterocycles. The number of aryl methyl sites for hydroxylation is 1. The van der Waals surface area contributed by atoms with E-state index in [9.17, 15) is 4.79 Å². The Morgan fingerprint density at radius 3 is 2.17 bits per heavy atom. The predicted octanol–water partition coefficient (Wildman–Crippen LogP) is 8.62. The minimum atomic E-state index is 0.358. The second kappa shape index (κ2) is 10.7. The lowest BCUT2D eigenvalue weighted by molar-refractivity contribution is 0.112. The van der Waals surface area contributed by atoms with Gasteiger partial charge in [-0.2, -0.15) is 0 Å². The van der Waals surface area contributed by atoms with E-state index in [1.54, 1.807) is 12.3 Å². The molecular weight excluding hydrogens is 442 g/mol. The summed E-state index contributed by atoms with van der Waals surface area (Å²) in [5, 5.41) is 2.32. The van der Waals surface area contributed by atoms with Crippen LogP contribution in [-0.2, 0) is 11.3 Å². The Kier molecular flexibility index (Phi) is 6.90. The van der Waals surface area contributed by atoms with Crippen molar-refractivity contribution < 1.29 is 9.53 Å². The normalized spacial score (nSPS) is 11.0. The molecule has 0 radical (unpaired) electrons. The van der Waals surface area contributed by atoms with Gasteiger partial charge in [0, 0.05) is 22.6 Å². The van der Waals surface area contributed by atoms with Gasteiger partial charge in [-0.05, 0) is 77.4 Å². The number of fused-ring (bicyclic) bond motifs is 1. The van der Waals surface area contributed by atoms with Crippen LogP contribution in [0.5, 0.6) is 0 Å². The van der Waals surface area contributed by atoms with Crippen molar-refractivity contribution in [2.45, 2.75) is 13.5 Å². The zero-order chi connectivity index (χ0) is 24.7. The lowest BCUT2D eigenvalue weighted by Crippen LogP contribution is -2.09. The molecule has 0 fully saturated rings. The zero-order valence-corrected chi connectivity index (χ0v) is 20.2. The van der Waals surface area contributed by atoms with Gasteiger partial charge in [0.25, 0.3) is 0 Å². The van der Waals surface area contributed by atoms with Gasteiger partial charge in [-0.1, -0.05) is 78.4 Å². The summed E-state index contributed by atoms with van der Waals surface area (Å²) in [6.07, 6.45) is 4.49. The van der Waals surface area contributed by atoms with Crippen LogP contribution in [0, 0.1) is 6.92 Å². The van der Waals surface area contributed by atoms with Crippen LogP contribution >= 0.6 is 0 Å². The number of hydrogen-bond acceptors (Lipinski definition) is 3. The molecule has 5 rings (SSSR count). The summed E-state index contributed by atoms with van der Waals surface area (Å²) in [7, 11) is 0. The van der Waals surface area contributed by atoms with Crippen molar-refractivity contribution in [3.63, 3.8) is 0 Å². The van der Waals surface area contributed by atoms with Crippen LogP contribution in [0.1, 0.15) is 27.0 Å². The van der Waals surface area contributed by atoms with Gasteiger partial charge in [0.2, 0.25) is 0 Å². The SMILES string of the molecule is Cc1ccc(N(c2ccccc2)c2ccc3cc(C=COCc4ccccc4C=O)ccc3c2)cc1. The fraction of sp³-hybridized carbons (Fsp3) is 0.0606. The summed E-state index contributed by atoms with van der Waals surface area (Å²) >= 11 is 0. The third-order valence-electron chi connectivity index (χ3n) is 6.19. The smallest absolute Gasteiger partial charge is 0.150 e. The van der Waals surface area contributed by atoms with Crippen molar-refractivity contribution >= 4 is 40.2 Å². The number of nitrogens with zero attached hydrogens (tertiary/aromatic N) is 1. The van der Waals surface area contributed by atoms with Crippen LogP contribution in [0.3, 0.4) is 0 Å². The Morgan fingerprint density at radius 1 is 0.694 bits per heavy atom. The Bertz CT molecular complexity index is 1500. The number of ether oxygens (including phenoxy) is 1. The van der Waals surface area contributed by atoms with Gasteiger partial charge in [0.05, 0.1) is 6.26 Å². The van der Waals surface area contributed by atoms with E-state index >= 15 is 0 Å². The van der Waals surface area contributed by atoms with Crippen LogP contribution in [0.15, 0.2) is 122 Å². The number of aldehydes is 1. The van der Waals surface area contributed by atoms with Gasteiger partial charge in [-0.15, -0.1) is 0 Å². The molecule has 0 heterocycles. The Hall–Kier alpha value is -4.63. The molecule has 0 aliphatic heterocycles. The van der Waals surface area contributed by atoms with Crippen LogP contribution in [-0.4, -0.2) is 6.29 Å². The van der Waals surface area contributed by atoms with Gasteiger partial charge >= 0.3 is 0 Å². The highest BCUT2D eigenvalue weighted by Crippen LogP contribution is 2.36. The van der Waals surface area contributed by atoms with Gasteiger partial charge < -0.3 is 9.64 Å². The Labute approximate surface area is 211 Å². The fourth-order valence-electron chi connectivity index (χ4n) is 4.26. The molecule has 0 unspecified atom stereocenters. The van der Waals surface area contributed by atoms with Crippen molar-refractivity contribution in [2.24, 2.45) is 0 Å². The maximum absolute atomic E-state index is 11.2. The molecule has 5 aromatic rings. The number of carbonyl (C=O) groups excluding carboxylic acids is 1. The van der Waals surface area contributed by atoms with E-state index in [1.165, 1.54) is 10.9 Å². The Morgan fingerprint density at radius 2 is 1.36 bits per heavy atom. The third-order valence-corrected chi connectivity index (χ3v) is 6.19. The monoisotopic (exact) mass is 469 g/mol. The molecule has 176 valence electrons. The molecule has 0 amide bonds. The van der Waals surface area contributed by atoms with Gasteiger partial charge in [-0.25, -0.2) is 0 Å². The first-order valence-electron chi connectivity index (χ1n) is 12.0. The minimum absolute atomic E-state index is 0.358. The molecule has 5 aromatic carbocycles. The zero-order valence-electron chi connectivity index (χ0n) is 20.2. The highest BCUT2D eigenvalue weighted by molar-refractivity contribution is 5.90. The second-order valence-corrected chi connectivity index (χ2v) is 8.73. The molecule has 3 nitrogen and oxygen atoms in total.